The molecule has 0 N–H and O–H groups in total. The van der Waals surface area contributed by atoms with Gasteiger partial charge in [-0.25, -0.2) is 0 Å². The molecular formula is C13H16N2S. The number of aliphatic imine (C=N–C) groups is 1. The van der Waals surface area contributed by atoms with Gasteiger partial charge in [-0.1, -0.05) is 18.2 Å². The Morgan fingerprint density at radius 3 is 2.50 bits per heavy atom. The predicted molar refractivity (Wildman–Crippen MR) is 74.6 cm³/mol. The maximum Gasteiger partial charge on any atom is 0.0905 e. The molecule has 0 amide bonds. The van der Waals surface area contributed by atoms with E-state index >= 15 is 0 Å². The highest BCUT2D eigenvalue weighted by atomic mass is 32.2. The van der Waals surface area contributed by atoms with Gasteiger partial charge in [0.15, 0.2) is 0 Å². The van der Waals surface area contributed by atoms with Crippen molar-refractivity contribution in [3.8, 4) is 0 Å². The standard InChI is InChI=1S/C13H16N2S/c1-15(2)12-6-3-11(4-7-12)5-8-13-14-9-10-16-13/h3-8H,9-10H2,1-2H3/b8-5+. The normalized spacial score (nSPS) is 15.5. The molecule has 0 radical (unpaired) electrons. The van der Waals surface area contributed by atoms with Crippen molar-refractivity contribution in [2.75, 3.05) is 31.3 Å². The van der Waals surface area contributed by atoms with Gasteiger partial charge in [0.05, 0.1) is 5.04 Å². The lowest BCUT2D eigenvalue weighted by molar-refractivity contribution is 1.13. The summed E-state index contributed by atoms with van der Waals surface area (Å²) in [6, 6.07) is 8.52. The molecule has 2 rings (SSSR count). The zero-order chi connectivity index (χ0) is 11.4. The Balaban J connectivity index is 2.04. The Hall–Kier alpha value is -1.22. The van der Waals surface area contributed by atoms with Gasteiger partial charge < -0.3 is 4.90 Å². The third kappa shape index (κ3) is 2.89. The first kappa shape index (κ1) is 11.3. The van der Waals surface area contributed by atoms with Crippen LogP contribution in [0.2, 0.25) is 0 Å². The van der Waals surface area contributed by atoms with Crippen molar-refractivity contribution in [2.45, 2.75) is 0 Å². The number of thioether (sulfide) groups is 1. The maximum atomic E-state index is 4.38. The lowest BCUT2D eigenvalue weighted by Gasteiger charge is -2.11. The fourth-order valence-corrected chi connectivity index (χ4v) is 2.24. The van der Waals surface area contributed by atoms with Crippen LogP contribution in [0, 0.1) is 0 Å². The molecule has 0 saturated heterocycles. The van der Waals surface area contributed by atoms with Crippen LogP contribution in [0.1, 0.15) is 5.56 Å². The summed E-state index contributed by atoms with van der Waals surface area (Å²) in [6.07, 6.45) is 4.22. The molecule has 0 fully saturated rings. The highest BCUT2D eigenvalue weighted by molar-refractivity contribution is 8.14. The van der Waals surface area contributed by atoms with E-state index in [9.17, 15) is 0 Å². The first-order valence-corrected chi connectivity index (χ1v) is 6.37. The quantitative estimate of drug-likeness (QED) is 0.796. The molecule has 0 atom stereocenters. The largest absolute Gasteiger partial charge is 0.378 e. The third-order valence-electron chi connectivity index (χ3n) is 2.44. The van der Waals surface area contributed by atoms with E-state index in [1.807, 2.05) is 11.8 Å². The van der Waals surface area contributed by atoms with Crippen LogP contribution < -0.4 is 4.90 Å². The van der Waals surface area contributed by atoms with Gasteiger partial charge in [-0.15, -0.1) is 11.8 Å². The maximum absolute atomic E-state index is 4.38. The van der Waals surface area contributed by atoms with Crippen LogP contribution in [0.25, 0.3) is 6.08 Å². The summed E-state index contributed by atoms with van der Waals surface area (Å²) >= 11 is 1.82. The molecule has 0 bridgehead atoms. The van der Waals surface area contributed by atoms with Gasteiger partial charge in [-0.3, -0.25) is 4.99 Å². The number of hydrogen-bond acceptors (Lipinski definition) is 3. The van der Waals surface area contributed by atoms with Crippen LogP contribution in [0.5, 0.6) is 0 Å². The highest BCUT2D eigenvalue weighted by Gasteiger charge is 2.02. The second kappa shape index (κ2) is 5.21. The number of hydrogen-bond donors (Lipinski definition) is 0. The second-order valence-electron chi connectivity index (χ2n) is 3.89. The summed E-state index contributed by atoms with van der Waals surface area (Å²) in [4.78, 5) is 6.48. The van der Waals surface area contributed by atoms with Crippen molar-refractivity contribution in [2.24, 2.45) is 4.99 Å². The van der Waals surface area contributed by atoms with E-state index < -0.39 is 0 Å². The summed E-state index contributed by atoms with van der Waals surface area (Å²) in [5.74, 6) is 1.12. The topological polar surface area (TPSA) is 15.6 Å². The number of benzene rings is 1. The van der Waals surface area contributed by atoms with Crippen LogP contribution >= 0.6 is 11.8 Å². The second-order valence-corrected chi connectivity index (χ2v) is 5.00. The van der Waals surface area contributed by atoms with Gasteiger partial charge in [0.1, 0.15) is 0 Å². The van der Waals surface area contributed by atoms with Crippen molar-refractivity contribution in [3.05, 3.63) is 35.9 Å². The molecule has 1 aliphatic heterocycles. The molecule has 1 aliphatic rings. The smallest absolute Gasteiger partial charge is 0.0905 e. The fraction of sp³-hybridized carbons (Fsp3) is 0.308. The van der Waals surface area contributed by atoms with Gasteiger partial charge in [0.25, 0.3) is 0 Å². The average Bonchev–Trinajstić information content (AvgIpc) is 2.80. The summed E-state index contributed by atoms with van der Waals surface area (Å²) in [7, 11) is 4.10. The molecule has 1 heterocycles. The van der Waals surface area contributed by atoms with Crippen molar-refractivity contribution < 1.29 is 0 Å². The monoisotopic (exact) mass is 232 g/mol. The van der Waals surface area contributed by atoms with Gasteiger partial charge in [-0.2, -0.15) is 0 Å². The number of nitrogens with zero attached hydrogens (tertiary/aromatic N) is 2. The van der Waals surface area contributed by atoms with Crippen molar-refractivity contribution in [3.63, 3.8) is 0 Å². The first-order valence-electron chi connectivity index (χ1n) is 5.38. The van der Waals surface area contributed by atoms with Crippen molar-refractivity contribution in [1.29, 1.82) is 0 Å². The van der Waals surface area contributed by atoms with Crippen LogP contribution in [-0.2, 0) is 0 Å². The molecule has 0 spiro atoms. The molecule has 84 valence electrons. The molecule has 0 unspecified atom stereocenters. The van der Waals surface area contributed by atoms with Crippen molar-refractivity contribution >= 4 is 28.6 Å². The summed E-state index contributed by atoms with van der Waals surface area (Å²) < 4.78 is 0. The van der Waals surface area contributed by atoms with Crippen LogP contribution in [0.15, 0.2) is 35.3 Å². The van der Waals surface area contributed by atoms with Gasteiger partial charge in [0.2, 0.25) is 0 Å². The van der Waals surface area contributed by atoms with Crippen molar-refractivity contribution in [1.82, 2.24) is 0 Å². The van der Waals surface area contributed by atoms with E-state index in [1.165, 1.54) is 11.3 Å². The zero-order valence-corrected chi connectivity index (χ0v) is 10.5. The molecule has 16 heavy (non-hydrogen) atoms. The highest BCUT2D eigenvalue weighted by Crippen LogP contribution is 2.16. The summed E-state index contributed by atoms with van der Waals surface area (Å²) in [5, 5.41) is 1.15. The Bertz CT molecular complexity index is 404. The van der Waals surface area contributed by atoms with Crippen LogP contribution in [0.3, 0.4) is 0 Å². The first-order chi connectivity index (χ1) is 7.75. The minimum absolute atomic E-state index is 0.962. The summed E-state index contributed by atoms with van der Waals surface area (Å²) in [6.45, 7) is 0.962. The molecule has 2 nitrogen and oxygen atoms in total. The molecule has 1 aromatic rings. The molecule has 0 aromatic heterocycles. The Morgan fingerprint density at radius 2 is 1.94 bits per heavy atom. The molecule has 0 aliphatic carbocycles. The zero-order valence-electron chi connectivity index (χ0n) is 9.68. The van der Waals surface area contributed by atoms with Gasteiger partial charge in [0, 0.05) is 32.1 Å². The lowest BCUT2D eigenvalue weighted by Crippen LogP contribution is -2.07. The van der Waals surface area contributed by atoms with Gasteiger partial charge >= 0.3 is 0 Å². The minimum Gasteiger partial charge on any atom is -0.378 e. The van der Waals surface area contributed by atoms with E-state index in [1.54, 1.807) is 0 Å². The average molecular weight is 232 g/mol. The van der Waals surface area contributed by atoms with Crippen LogP contribution in [-0.4, -0.2) is 31.4 Å². The SMILES string of the molecule is CN(C)c1ccc(/C=C/C2=NCCS2)cc1. The third-order valence-corrected chi connectivity index (χ3v) is 3.38. The van der Waals surface area contributed by atoms with E-state index in [0.29, 0.717) is 0 Å². The molecular weight excluding hydrogens is 216 g/mol. The molecule has 3 heteroatoms. The Kier molecular flexibility index (Phi) is 3.67. The van der Waals surface area contributed by atoms with Crippen LogP contribution in [0.4, 0.5) is 5.69 Å². The van der Waals surface area contributed by atoms with E-state index in [2.05, 4.69) is 60.4 Å². The van der Waals surface area contributed by atoms with E-state index in [0.717, 1.165) is 17.3 Å². The fourth-order valence-electron chi connectivity index (χ4n) is 1.50. The number of rotatable bonds is 3. The Morgan fingerprint density at radius 1 is 1.19 bits per heavy atom. The predicted octanol–water partition coefficient (Wildman–Crippen LogP) is 2.91. The van der Waals surface area contributed by atoms with Gasteiger partial charge in [-0.05, 0) is 23.8 Å². The minimum atomic E-state index is 0.962. The summed E-state index contributed by atoms with van der Waals surface area (Å²) in [5.41, 5.74) is 2.45. The molecule has 0 saturated carbocycles. The number of anilines is 1. The Labute approximate surface area is 101 Å². The lowest BCUT2D eigenvalue weighted by atomic mass is 10.2. The van der Waals surface area contributed by atoms with E-state index in [4.69, 9.17) is 0 Å². The van der Waals surface area contributed by atoms with E-state index in [-0.39, 0.29) is 0 Å². The molecule has 1 aromatic carbocycles.